The van der Waals surface area contributed by atoms with Crippen LogP contribution in [0.5, 0.6) is 0 Å². The molecule has 30 heavy (non-hydrogen) atoms. The molecule has 1 N–H and O–H groups in total. The number of halogens is 3. The maximum atomic E-state index is 13.1. The van der Waals surface area contributed by atoms with Crippen LogP contribution in [0.1, 0.15) is 23.6 Å². The van der Waals surface area contributed by atoms with Crippen molar-refractivity contribution in [2.75, 3.05) is 6.54 Å². The van der Waals surface area contributed by atoms with Crippen molar-refractivity contribution >= 4 is 16.9 Å². The Morgan fingerprint density at radius 2 is 1.93 bits per heavy atom. The van der Waals surface area contributed by atoms with E-state index in [4.69, 9.17) is 0 Å². The molecule has 1 saturated heterocycles. The molecule has 4 rings (SSSR count). The number of carbonyl (C=O) groups excluding carboxylic acids is 1. The molecule has 1 amide bonds. The molecule has 0 spiro atoms. The van der Waals surface area contributed by atoms with Gasteiger partial charge in [0.2, 0.25) is 5.91 Å². The van der Waals surface area contributed by atoms with E-state index < -0.39 is 35.4 Å². The molecule has 1 aromatic heterocycles. The van der Waals surface area contributed by atoms with Crippen LogP contribution in [0.4, 0.5) is 13.2 Å². The van der Waals surface area contributed by atoms with Crippen molar-refractivity contribution in [3.63, 3.8) is 0 Å². The van der Waals surface area contributed by atoms with Crippen LogP contribution in [0.3, 0.4) is 0 Å². The van der Waals surface area contributed by atoms with Crippen molar-refractivity contribution < 1.29 is 23.1 Å². The van der Waals surface area contributed by atoms with E-state index in [9.17, 15) is 27.9 Å². The third-order valence-electron chi connectivity index (χ3n) is 5.24. The number of hydrogen-bond donors (Lipinski definition) is 1. The van der Waals surface area contributed by atoms with Gasteiger partial charge in [-0.1, -0.05) is 24.3 Å². The first-order valence-corrected chi connectivity index (χ1v) is 9.33. The zero-order valence-corrected chi connectivity index (χ0v) is 15.7. The first-order valence-electron chi connectivity index (χ1n) is 9.33. The van der Waals surface area contributed by atoms with Gasteiger partial charge < -0.3 is 10.0 Å². The van der Waals surface area contributed by atoms with Crippen molar-refractivity contribution in [2.45, 2.75) is 31.3 Å². The molecule has 9 heteroatoms. The molecule has 2 aromatic carbocycles. The lowest BCUT2D eigenvalue weighted by molar-refractivity contribution is -0.137. The summed E-state index contributed by atoms with van der Waals surface area (Å²) >= 11 is 0. The monoisotopic (exact) mass is 417 g/mol. The van der Waals surface area contributed by atoms with E-state index >= 15 is 0 Å². The highest BCUT2D eigenvalue weighted by atomic mass is 19.4. The summed E-state index contributed by atoms with van der Waals surface area (Å²) in [5, 5.41) is 10.1. The summed E-state index contributed by atoms with van der Waals surface area (Å²) in [6.45, 7) is -0.318. The van der Waals surface area contributed by atoms with Gasteiger partial charge in [0, 0.05) is 6.54 Å². The fraction of sp³-hybridized carbons (Fsp3) is 0.286. The molecule has 0 radical (unpaired) electrons. The number of fused-ring (bicyclic) bond motifs is 1. The number of β-amino-alcohol motifs (C(OH)–C–C–N with tert-alkyl or cyclic N) is 1. The molecule has 3 aromatic rings. The Morgan fingerprint density at radius 1 is 1.17 bits per heavy atom. The molecular weight excluding hydrogens is 399 g/mol. The predicted molar refractivity (Wildman–Crippen MR) is 103 cm³/mol. The highest BCUT2D eigenvalue weighted by Gasteiger charge is 2.37. The number of hydrogen-bond acceptors (Lipinski definition) is 4. The largest absolute Gasteiger partial charge is 0.416 e. The van der Waals surface area contributed by atoms with Gasteiger partial charge in [-0.3, -0.25) is 14.2 Å². The molecule has 2 atom stereocenters. The van der Waals surface area contributed by atoms with Crippen LogP contribution in [-0.4, -0.2) is 38.1 Å². The number of likely N-dealkylation sites (tertiary alicyclic amines) is 1. The Balaban J connectivity index is 1.66. The first kappa shape index (κ1) is 20.1. The number of benzene rings is 2. The summed E-state index contributed by atoms with van der Waals surface area (Å²) in [6, 6.07) is 10.9. The van der Waals surface area contributed by atoms with Crippen molar-refractivity contribution in [1.82, 2.24) is 14.5 Å². The van der Waals surface area contributed by atoms with E-state index in [-0.39, 0.29) is 19.5 Å². The van der Waals surface area contributed by atoms with Gasteiger partial charge in [-0.05, 0) is 36.2 Å². The number of aliphatic hydroxyl groups excluding tert-OH is 1. The SMILES string of the molecule is O=C(Cn1c(=O)cnc2ccccc21)N1C[C@@H](O)C[C@H]1c1cccc(C(F)(F)F)c1. The van der Waals surface area contributed by atoms with E-state index in [0.29, 0.717) is 16.6 Å². The van der Waals surface area contributed by atoms with Crippen LogP contribution < -0.4 is 5.56 Å². The second-order valence-electron chi connectivity index (χ2n) is 7.25. The minimum Gasteiger partial charge on any atom is -0.391 e. The Labute approximate surface area is 169 Å². The Kier molecular flexibility index (Phi) is 5.07. The van der Waals surface area contributed by atoms with Crippen LogP contribution in [0, 0.1) is 0 Å². The molecule has 1 fully saturated rings. The molecule has 6 nitrogen and oxygen atoms in total. The number of nitrogens with zero attached hydrogens (tertiary/aromatic N) is 3. The number of para-hydroxylation sites is 2. The minimum atomic E-state index is -4.51. The second-order valence-corrected chi connectivity index (χ2v) is 7.25. The Morgan fingerprint density at radius 3 is 2.70 bits per heavy atom. The molecule has 156 valence electrons. The lowest BCUT2D eigenvalue weighted by Crippen LogP contribution is -2.37. The fourth-order valence-electron chi connectivity index (χ4n) is 3.83. The van der Waals surface area contributed by atoms with Crippen molar-refractivity contribution in [1.29, 1.82) is 0 Å². The van der Waals surface area contributed by atoms with E-state index in [1.807, 2.05) is 0 Å². The summed E-state index contributed by atoms with van der Waals surface area (Å²) < 4.78 is 40.6. The maximum Gasteiger partial charge on any atom is 0.416 e. The van der Waals surface area contributed by atoms with Crippen molar-refractivity contribution in [2.24, 2.45) is 0 Å². The molecule has 1 aliphatic rings. The van der Waals surface area contributed by atoms with Crippen molar-refractivity contribution in [3.8, 4) is 0 Å². The summed E-state index contributed by atoms with van der Waals surface area (Å²) in [6.07, 6.45) is -4.12. The zero-order valence-electron chi connectivity index (χ0n) is 15.7. The molecule has 0 unspecified atom stereocenters. The van der Waals surface area contributed by atoms with E-state index in [0.717, 1.165) is 18.3 Å². The van der Waals surface area contributed by atoms with Crippen LogP contribution in [-0.2, 0) is 17.5 Å². The molecule has 2 heterocycles. The highest BCUT2D eigenvalue weighted by molar-refractivity contribution is 5.80. The summed E-state index contributed by atoms with van der Waals surface area (Å²) in [7, 11) is 0. The van der Waals surface area contributed by atoms with E-state index in [2.05, 4.69) is 4.98 Å². The van der Waals surface area contributed by atoms with Crippen LogP contribution in [0.25, 0.3) is 11.0 Å². The molecule has 0 aliphatic carbocycles. The summed E-state index contributed by atoms with van der Waals surface area (Å²) in [5.41, 5.74) is 0.0405. The lowest BCUT2D eigenvalue weighted by atomic mass is 10.0. The molecule has 0 bridgehead atoms. The maximum absolute atomic E-state index is 13.1. The Hall–Kier alpha value is -3.20. The topological polar surface area (TPSA) is 75.4 Å². The predicted octanol–water partition coefficient (Wildman–Crippen LogP) is 2.75. The van der Waals surface area contributed by atoms with Gasteiger partial charge in [-0.15, -0.1) is 0 Å². The molecular formula is C21H18F3N3O3. The number of alkyl halides is 3. The summed E-state index contributed by atoms with van der Waals surface area (Å²) in [5.74, 6) is -0.465. The van der Waals surface area contributed by atoms with Gasteiger partial charge in [0.25, 0.3) is 5.56 Å². The van der Waals surface area contributed by atoms with E-state index in [1.54, 1.807) is 24.3 Å². The lowest BCUT2D eigenvalue weighted by Gasteiger charge is -2.26. The summed E-state index contributed by atoms with van der Waals surface area (Å²) in [4.78, 5) is 30.7. The number of aromatic nitrogens is 2. The van der Waals surface area contributed by atoms with Gasteiger partial charge in [-0.25, -0.2) is 4.98 Å². The quantitative estimate of drug-likeness (QED) is 0.711. The molecule has 0 saturated carbocycles. The first-order chi connectivity index (χ1) is 14.2. The number of carbonyl (C=O) groups is 1. The Bertz CT molecular complexity index is 1160. The minimum absolute atomic E-state index is 0.0164. The smallest absolute Gasteiger partial charge is 0.391 e. The zero-order chi connectivity index (χ0) is 21.5. The van der Waals surface area contributed by atoms with Crippen LogP contribution in [0.2, 0.25) is 0 Å². The van der Waals surface area contributed by atoms with E-state index in [1.165, 1.54) is 21.6 Å². The standard InChI is InChI=1S/C21H18F3N3O3/c22-21(23,24)14-5-3-4-13(8-14)18-9-15(28)11-26(18)20(30)12-27-17-7-2-1-6-16(17)25-10-19(27)29/h1-8,10,15,18,28H,9,11-12H2/t15-,18-/m0/s1. The average Bonchev–Trinajstić information content (AvgIpc) is 3.11. The van der Waals surface area contributed by atoms with Gasteiger partial charge in [0.15, 0.2) is 0 Å². The molecule has 1 aliphatic heterocycles. The van der Waals surface area contributed by atoms with Crippen LogP contribution >= 0.6 is 0 Å². The second kappa shape index (κ2) is 7.56. The highest BCUT2D eigenvalue weighted by Crippen LogP contribution is 2.36. The number of rotatable bonds is 3. The van der Waals surface area contributed by atoms with Gasteiger partial charge in [0.05, 0.1) is 34.9 Å². The van der Waals surface area contributed by atoms with Crippen molar-refractivity contribution in [3.05, 3.63) is 76.2 Å². The number of amides is 1. The third-order valence-corrected chi connectivity index (χ3v) is 5.24. The fourth-order valence-corrected chi connectivity index (χ4v) is 3.83. The average molecular weight is 417 g/mol. The normalized spacial score (nSPS) is 19.4. The number of aliphatic hydroxyl groups is 1. The van der Waals surface area contributed by atoms with Gasteiger partial charge in [-0.2, -0.15) is 13.2 Å². The third kappa shape index (κ3) is 3.80. The van der Waals surface area contributed by atoms with Gasteiger partial charge in [0.1, 0.15) is 6.54 Å². The van der Waals surface area contributed by atoms with Gasteiger partial charge >= 0.3 is 6.18 Å². The van der Waals surface area contributed by atoms with Crippen LogP contribution in [0.15, 0.2) is 59.5 Å².